The van der Waals surface area contributed by atoms with Crippen LogP contribution in [-0.4, -0.2) is 18.0 Å². The van der Waals surface area contributed by atoms with Gasteiger partial charge >= 0.3 is 0 Å². The van der Waals surface area contributed by atoms with E-state index in [1.165, 1.54) is 6.92 Å². The quantitative estimate of drug-likeness (QED) is 0.840. The molecule has 2 aromatic carbocycles. The third-order valence-corrected chi connectivity index (χ3v) is 2.78. The van der Waals surface area contributed by atoms with Gasteiger partial charge in [-0.3, -0.25) is 4.79 Å². The number of Topliss-reactive ketones (excluding diaryl/α,β-unsaturated/α-hetero) is 1. The molecule has 0 aliphatic carbocycles. The summed E-state index contributed by atoms with van der Waals surface area (Å²) in [7, 11) is 1.57. The van der Waals surface area contributed by atoms with Crippen molar-refractivity contribution in [2.24, 2.45) is 0 Å². The first-order valence-electron chi connectivity index (χ1n) is 5.60. The third-order valence-electron chi connectivity index (χ3n) is 2.78. The summed E-state index contributed by atoms with van der Waals surface area (Å²) in [6.45, 7) is 1.53. The van der Waals surface area contributed by atoms with Gasteiger partial charge in [-0.15, -0.1) is 0 Å². The topological polar surface area (TPSA) is 46.5 Å². The van der Waals surface area contributed by atoms with Gasteiger partial charge in [0, 0.05) is 5.56 Å². The number of phenolic OH excluding ortho intramolecular Hbond substituents is 1. The van der Waals surface area contributed by atoms with Crippen LogP contribution in [0, 0.1) is 0 Å². The van der Waals surface area contributed by atoms with E-state index in [9.17, 15) is 9.90 Å². The summed E-state index contributed by atoms with van der Waals surface area (Å²) in [5, 5.41) is 9.28. The number of benzene rings is 2. The minimum Gasteiger partial charge on any atom is -0.508 e. The summed E-state index contributed by atoms with van der Waals surface area (Å²) in [6, 6.07) is 12.2. The number of carbonyl (C=O) groups excluding carboxylic acids is 1. The van der Waals surface area contributed by atoms with Crippen molar-refractivity contribution in [2.75, 3.05) is 7.11 Å². The Bertz CT molecular complexity index is 571. The van der Waals surface area contributed by atoms with Gasteiger partial charge in [0.2, 0.25) is 0 Å². The van der Waals surface area contributed by atoms with Crippen LogP contribution in [0.15, 0.2) is 42.5 Å². The summed E-state index contributed by atoms with van der Waals surface area (Å²) in [5.74, 6) is 0.844. The number of rotatable bonds is 3. The van der Waals surface area contributed by atoms with Crippen LogP contribution in [0.5, 0.6) is 11.5 Å². The molecule has 18 heavy (non-hydrogen) atoms. The van der Waals surface area contributed by atoms with E-state index >= 15 is 0 Å². The molecule has 0 fully saturated rings. The second kappa shape index (κ2) is 4.92. The molecule has 0 aliphatic rings. The van der Waals surface area contributed by atoms with Crippen molar-refractivity contribution in [3.05, 3.63) is 48.0 Å². The number of carbonyl (C=O) groups is 1. The van der Waals surface area contributed by atoms with Gasteiger partial charge in [0.25, 0.3) is 0 Å². The molecule has 0 spiro atoms. The molecule has 0 heterocycles. The molecule has 0 saturated carbocycles. The lowest BCUT2D eigenvalue weighted by Gasteiger charge is -2.09. The molecule has 0 radical (unpaired) electrons. The Morgan fingerprint density at radius 3 is 2.33 bits per heavy atom. The van der Waals surface area contributed by atoms with Gasteiger partial charge in [-0.2, -0.15) is 0 Å². The standard InChI is InChI=1S/C15H14O3/c1-10(16)15-9-13(18-2)7-8-14(15)11-3-5-12(17)6-4-11/h3-9,17H,1-2H3. The summed E-state index contributed by atoms with van der Waals surface area (Å²) in [5.41, 5.74) is 2.34. The van der Waals surface area contributed by atoms with Gasteiger partial charge in [-0.05, 0) is 48.4 Å². The summed E-state index contributed by atoms with van der Waals surface area (Å²) >= 11 is 0. The van der Waals surface area contributed by atoms with Crippen LogP contribution in [-0.2, 0) is 0 Å². The average Bonchev–Trinajstić information content (AvgIpc) is 2.39. The zero-order valence-electron chi connectivity index (χ0n) is 10.3. The minimum atomic E-state index is -0.0167. The van der Waals surface area contributed by atoms with Crippen molar-refractivity contribution in [3.63, 3.8) is 0 Å². The predicted molar refractivity (Wildman–Crippen MR) is 70.1 cm³/mol. The van der Waals surface area contributed by atoms with Crippen molar-refractivity contribution in [2.45, 2.75) is 6.92 Å². The highest BCUT2D eigenvalue weighted by Crippen LogP contribution is 2.28. The maximum Gasteiger partial charge on any atom is 0.160 e. The Balaban J connectivity index is 2.56. The number of methoxy groups -OCH3 is 1. The van der Waals surface area contributed by atoms with Crippen LogP contribution in [0.25, 0.3) is 11.1 Å². The molecule has 0 aromatic heterocycles. The van der Waals surface area contributed by atoms with Crippen molar-refractivity contribution in [1.82, 2.24) is 0 Å². The molecule has 0 aliphatic heterocycles. The molecule has 0 bridgehead atoms. The molecule has 2 aromatic rings. The van der Waals surface area contributed by atoms with Crippen LogP contribution in [0.1, 0.15) is 17.3 Å². The van der Waals surface area contributed by atoms with Crippen LogP contribution in [0.2, 0.25) is 0 Å². The second-order valence-electron chi connectivity index (χ2n) is 4.01. The Morgan fingerprint density at radius 1 is 1.11 bits per heavy atom. The molecular weight excluding hydrogens is 228 g/mol. The summed E-state index contributed by atoms with van der Waals surface area (Å²) < 4.78 is 5.12. The number of hydrogen-bond acceptors (Lipinski definition) is 3. The molecule has 0 unspecified atom stereocenters. The fourth-order valence-corrected chi connectivity index (χ4v) is 1.83. The maximum atomic E-state index is 11.7. The Labute approximate surface area is 106 Å². The number of ether oxygens (including phenoxy) is 1. The van der Waals surface area contributed by atoms with E-state index in [1.807, 2.05) is 12.1 Å². The van der Waals surface area contributed by atoms with Gasteiger partial charge in [0.05, 0.1) is 7.11 Å². The van der Waals surface area contributed by atoms with Gasteiger partial charge in [-0.1, -0.05) is 12.1 Å². The SMILES string of the molecule is COc1ccc(-c2ccc(O)cc2)c(C(C)=O)c1. The van der Waals surface area contributed by atoms with Crippen molar-refractivity contribution in [3.8, 4) is 22.6 Å². The zero-order valence-corrected chi connectivity index (χ0v) is 10.3. The van der Waals surface area contributed by atoms with Crippen LogP contribution < -0.4 is 4.74 Å². The van der Waals surface area contributed by atoms with Gasteiger partial charge in [0.1, 0.15) is 11.5 Å². The van der Waals surface area contributed by atoms with E-state index in [0.717, 1.165) is 11.1 Å². The van der Waals surface area contributed by atoms with Gasteiger partial charge in [0.15, 0.2) is 5.78 Å². The highest BCUT2D eigenvalue weighted by molar-refractivity contribution is 6.01. The first-order chi connectivity index (χ1) is 8.61. The Hall–Kier alpha value is -2.29. The third kappa shape index (κ3) is 2.35. The zero-order chi connectivity index (χ0) is 13.1. The Morgan fingerprint density at radius 2 is 1.78 bits per heavy atom. The second-order valence-corrected chi connectivity index (χ2v) is 4.01. The molecule has 0 amide bonds. The molecule has 1 N–H and O–H groups in total. The molecular formula is C15H14O3. The molecule has 92 valence electrons. The van der Waals surface area contributed by atoms with E-state index in [4.69, 9.17) is 4.74 Å². The number of ketones is 1. The van der Waals surface area contributed by atoms with E-state index in [-0.39, 0.29) is 11.5 Å². The van der Waals surface area contributed by atoms with Crippen LogP contribution in [0.4, 0.5) is 0 Å². The largest absolute Gasteiger partial charge is 0.508 e. The highest BCUT2D eigenvalue weighted by atomic mass is 16.5. The normalized spacial score (nSPS) is 10.1. The number of aromatic hydroxyl groups is 1. The number of phenols is 1. The average molecular weight is 242 g/mol. The fourth-order valence-electron chi connectivity index (χ4n) is 1.83. The van der Waals surface area contributed by atoms with Crippen molar-refractivity contribution < 1.29 is 14.6 Å². The van der Waals surface area contributed by atoms with E-state index < -0.39 is 0 Å². The van der Waals surface area contributed by atoms with Gasteiger partial charge in [-0.25, -0.2) is 0 Å². The minimum absolute atomic E-state index is 0.0167. The Kier molecular flexibility index (Phi) is 3.33. The molecule has 3 nitrogen and oxygen atoms in total. The first-order valence-corrected chi connectivity index (χ1v) is 5.60. The lowest BCUT2D eigenvalue weighted by Crippen LogP contribution is -1.97. The monoisotopic (exact) mass is 242 g/mol. The molecule has 0 saturated heterocycles. The van der Waals surface area contributed by atoms with Crippen LogP contribution in [0.3, 0.4) is 0 Å². The summed E-state index contributed by atoms with van der Waals surface area (Å²) in [4.78, 5) is 11.7. The van der Waals surface area contributed by atoms with E-state index in [1.54, 1.807) is 37.4 Å². The van der Waals surface area contributed by atoms with Crippen molar-refractivity contribution in [1.29, 1.82) is 0 Å². The van der Waals surface area contributed by atoms with Crippen molar-refractivity contribution >= 4 is 5.78 Å². The lowest BCUT2D eigenvalue weighted by molar-refractivity contribution is 0.101. The first kappa shape index (κ1) is 12.2. The fraction of sp³-hybridized carbons (Fsp3) is 0.133. The smallest absolute Gasteiger partial charge is 0.160 e. The highest BCUT2D eigenvalue weighted by Gasteiger charge is 2.10. The summed E-state index contributed by atoms with van der Waals surface area (Å²) in [6.07, 6.45) is 0. The molecule has 0 atom stereocenters. The lowest BCUT2D eigenvalue weighted by atomic mass is 9.97. The molecule has 2 rings (SSSR count). The molecule has 3 heteroatoms. The van der Waals surface area contributed by atoms with E-state index in [2.05, 4.69) is 0 Å². The number of hydrogen-bond donors (Lipinski definition) is 1. The van der Waals surface area contributed by atoms with Gasteiger partial charge < -0.3 is 9.84 Å². The van der Waals surface area contributed by atoms with Crippen LogP contribution >= 0.6 is 0 Å². The van der Waals surface area contributed by atoms with E-state index in [0.29, 0.717) is 11.3 Å². The predicted octanol–water partition coefficient (Wildman–Crippen LogP) is 3.27. The maximum absolute atomic E-state index is 11.7.